The highest BCUT2D eigenvalue weighted by atomic mass is 19.4. The van der Waals surface area contributed by atoms with Crippen LogP contribution in [0.1, 0.15) is 58.6 Å². The van der Waals surface area contributed by atoms with E-state index in [0.29, 0.717) is 24.6 Å². The molecule has 0 aliphatic carbocycles. The first-order valence-corrected chi connectivity index (χ1v) is 11.1. The number of rotatable bonds is 4. The molecular formula is C25H23F3N6. The molecule has 0 amide bonds. The van der Waals surface area contributed by atoms with Crippen LogP contribution in [0.2, 0.25) is 0 Å². The molecule has 6 nitrogen and oxygen atoms in total. The van der Waals surface area contributed by atoms with Crippen LogP contribution in [0.25, 0.3) is 17.8 Å². The van der Waals surface area contributed by atoms with Gasteiger partial charge in [0.1, 0.15) is 5.82 Å². The lowest BCUT2D eigenvalue weighted by Gasteiger charge is -2.25. The van der Waals surface area contributed by atoms with Gasteiger partial charge in [-0.05, 0) is 62.6 Å². The topological polar surface area (TPSA) is 61.4 Å². The molecular weight excluding hydrogens is 441 g/mol. The summed E-state index contributed by atoms with van der Waals surface area (Å²) in [6, 6.07) is 9.61. The fraction of sp³-hybridized carbons (Fsp3) is 0.280. The van der Waals surface area contributed by atoms with Crippen molar-refractivity contribution >= 4 is 12.2 Å². The van der Waals surface area contributed by atoms with Gasteiger partial charge in [-0.25, -0.2) is 14.6 Å². The van der Waals surface area contributed by atoms with E-state index in [1.165, 1.54) is 6.07 Å². The second kappa shape index (κ2) is 8.55. The van der Waals surface area contributed by atoms with Gasteiger partial charge in [-0.3, -0.25) is 4.98 Å². The zero-order valence-electron chi connectivity index (χ0n) is 18.8. The minimum Gasteiger partial charge on any atom is -0.304 e. The highest BCUT2D eigenvalue weighted by Crippen LogP contribution is 2.40. The minimum atomic E-state index is -4.41. The molecule has 1 aliphatic heterocycles. The number of imidazole rings is 1. The second-order valence-electron chi connectivity index (χ2n) is 8.43. The quantitative estimate of drug-likeness (QED) is 0.395. The monoisotopic (exact) mass is 464 g/mol. The molecule has 0 N–H and O–H groups in total. The van der Waals surface area contributed by atoms with E-state index in [2.05, 4.69) is 20.1 Å². The van der Waals surface area contributed by atoms with E-state index < -0.39 is 17.7 Å². The molecule has 0 saturated carbocycles. The Morgan fingerprint density at radius 3 is 2.59 bits per heavy atom. The summed E-state index contributed by atoms with van der Waals surface area (Å²) in [6.45, 7) is 4.50. The van der Waals surface area contributed by atoms with Gasteiger partial charge in [0.15, 0.2) is 5.82 Å². The Kier molecular flexibility index (Phi) is 5.55. The number of aryl methyl sites for hydroxylation is 3. The first kappa shape index (κ1) is 22.1. The van der Waals surface area contributed by atoms with E-state index >= 15 is 0 Å². The third-order valence-corrected chi connectivity index (χ3v) is 6.01. The summed E-state index contributed by atoms with van der Waals surface area (Å²) in [5.74, 6) is 0.581. The predicted octanol–water partition coefficient (Wildman–Crippen LogP) is 5.59. The van der Waals surface area contributed by atoms with E-state index in [4.69, 9.17) is 0 Å². The van der Waals surface area contributed by atoms with Gasteiger partial charge in [0.05, 0.1) is 34.7 Å². The molecule has 0 radical (unpaired) electrons. The van der Waals surface area contributed by atoms with Crippen LogP contribution in [-0.2, 0) is 12.7 Å². The fourth-order valence-corrected chi connectivity index (χ4v) is 4.44. The Morgan fingerprint density at radius 2 is 1.85 bits per heavy atom. The van der Waals surface area contributed by atoms with Crippen molar-refractivity contribution < 1.29 is 13.2 Å². The van der Waals surface area contributed by atoms with Crippen LogP contribution >= 0.6 is 0 Å². The van der Waals surface area contributed by atoms with Gasteiger partial charge in [0.25, 0.3) is 0 Å². The maximum Gasteiger partial charge on any atom is 0.416 e. The highest BCUT2D eigenvalue weighted by Gasteiger charge is 2.37. The Balaban J connectivity index is 1.42. The summed E-state index contributed by atoms with van der Waals surface area (Å²) in [6.07, 6.45) is 4.19. The van der Waals surface area contributed by atoms with Crippen LogP contribution in [0.15, 0.2) is 48.9 Å². The molecule has 4 heterocycles. The van der Waals surface area contributed by atoms with Crippen molar-refractivity contribution in [3.63, 3.8) is 0 Å². The zero-order valence-corrected chi connectivity index (χ0v) is 18.8. The fourth-order valence-electron chi connectivity index (χ4n) is 4.44. The van der Waals surface area contributed by atoms with Gasteiger partial charge in [-0.2, -0.15) is 18.3 Å². The predicted molar refractivity (Wildman–Crippen MR) is 122 cm³/mol. The molecule has 0 fully saturated rings. The molecule has 0 saturated heterocycles. The molecule has 1 aliphatic rings. The van der Waals surface area contributed by atoms with Crippen molar-refractivity contribution in [1.29, 1.82) is 0 Å². The van der Waals surface area contributed by atoms with Crippen LogP contribution in [-0.4, -0.2) is 29.3 Å². The third-order valence-electron chi connectivity index (χ3n) is 6.01. The molecule has 0 bridgehead atoms. The van der Waals surface area contributed by atoms with Crippen LogP contribution < -0.4 is 0 Å². The Labute approximate surface area is 194 Å². The van der Waals surface area contributed by atoms with Crippen molar-refractivity contribution in [2.75, 3.05) is 0 Å². The van der Waals surface area contributed by atoms with Gasteiger partial charge in [0.2, 0.25) is 0 Å². The molecule has 9 heteroatoms. The molecule has 3 aromatic heterocycles. The van der Waals surface area contributed by atoms with Crippen LogP contribution in [0.4, 0.5) is 13.2 Å². The molecule has 1 aromatic carbocycles. The van der Waals surface area contributed by atoms with Gasteiger partial charge in [-0.15, -0.1) is 0 Å². The van der Waals surface area contributed by atoms with Gasteiger partial charge in [0, 0.05) is 18.7 Å². The van der Waals surface area contributed by atoms with Crippen molar-refractivity contribution in [2.45, 2.75) is 45.3 Å². The average molecular weight is 464 g/mol. The van der Waals surface area contributed by atoms with E-state index in [1.54, 1.807) is 29.2 Å². The zero-order chi connectivity index (χ0) is 23.9. The normalized spacial score (nSPS) is 16.2. The first-order valence-electron chi connectivity index (χ1n) is 11.1. The van der Waals surface area contributed by atoms with Crippen molar-refractivity contribution in [3.8, 4) is 5.69 Å². The minimum absolute atomic E-state index is 0.251. The van der Waals surface area contributed by atoms with Crippen LogP contribution in [0.3, 0.4) is 0 Å². The first-order chi connectivity index (χ1) is 16.3. The standard InChI is InChI=1S/C25H23F3N6/c1-16-14-33(15-29-16)22-11-9-18(30-17(22)2)10-12-23-31-24-20(7-5-13-34(24)32-23)19-6-3-4-8-21(19)25(26,27)28/h3-4,6,8-12,14-15,20H,5,7,13H2,1-2H3/b12-10+/t20-/m0/s1. The molecule has 0 unspecified atom stereocenters. The smallest absolute Gasteiger partial charge is 0.304 e. The molecule has 4 aromatic rings. The van der Waals surface area contributed by atoms with E-state index in [-0.39, 0.29) is 5.56 Å². The number of fused-ring (bicyclic) bond motifs is 1. The number of pyridine rings is 1. The van der Waals surface area contributed by atoms with Crippen LogP contribution in [0, 0.1) is 13.8 Å². The Bertz CT molecular complexity index is 1370. The largest absolute Gasteiger partial charge is 0.416 e. The summed E-state index contributed by atoms with van der Waals surface area (Å²) in [5, 5.41) is 4.52. The summed E-state index contributed by atoms with van der Waals surface area (Å²) in [5.41, 5.74) is 3.10. The molecule has 34 heavy (non-hydrogen) atoms. The van der Waals surface area contributed by atoms with Crippen molar-refractivity contribution in [1.82, 2.24) is 29.3 Å². The van der Waals surface area contributed by atoms with E-state index in [9.17, 15) is 13.2 Å². The molecule has 1 atom stereocenters. The molecule has 5 rings (SSSR count). The number of nitrogens with zero attached hydrogens (tertiary/aromatic N) is 6. The Morgan fingerprint density at radius 1 is 1.03 bits per heavy atom. The maximum absolute atomic E-state index is 13.6. The second-order valence-corrected chi connectivity index (χ2v) is 8.43. The number of hydrogen-bond donors (Lipinski definition) is 0. The molecule has 174 valence electrons. The number of halogens is 3. The summed E-state index contributed by atoms with van der Waals surface area (Å²) in [4.78, 5) is 13.5. The average Bonchev–Trinajstić information content (AvgIpc) is 3.43. The number of aromatic nitrogens is 6. The number of alkyl halides is 3. The lowest BCUT2D eigenvalue weighted by atomic mass is 9.88. The summed E-state index contributed by atoms with van der Waals surface area (Å²) >= 11 is 0. The Hall–Kier alpha value is -3.75. The third kappa shape index (κ3) is 4.25. The maximum atomic E-state index is 13.6. The number of benzene rings is 1. The van der Waals surface area contributed by atoms with Gasteiger partial charge in [-0.1, -0.05) is 18.2 Å². The highest BCUT2D eigenvalue weighted by molar-refractivity contribution is 5.65. The van der Waals surface area contributed by atoms with E-state index in [1.807, 2.05) is 42.8 Å². The van der Waals surface area contributed by atoms with Gasteiger partial charge >= 0.3 is 6.18 Å². The van der Waals surface area contributed by atoms with Crippen LogP contribution in [0.5, 0.6) is 0 Å². The molecule has 0 spiro atoms. The SMILES string of the molecule is Cc1cn(-c2ccc(/C=C/c3nc4n(n3)CCC[C@H]4c3ccccc3C(F)(F)F)nc2C)cn1. The lowest BCUT2D eigenvalue weighted by Crippen LogP contribution is -2.21. The van der Waals surface area contributed by atoms with E-state index in [0.717, 1.165) is 35.3 Å². The number of hydrogen-bond acceptors (Lipinski definition) is 4. The van der Waals surface area contributed by atoms with Crippen molar-refractivity contribution in [2.24, 2.45) is 0 Å². The van der Waals surface area contributed by atoms with Gasteiger partial charge < -0.3 is 4.57 Å². The summed E-state index contributed by atoms with van der Waals surface area (Å²) in [7, 11) is 0. The summed E-state index contributed by atoms with van der Waals surface area (Å²) < 4.78 is 44.4. The van der Waals surface area contributed by atoms with Crippen molar-refractivity contribution in [3.05, 3.63) is 88.8 Å². The lowest BCUT2D eigenvalue weighted by molar-refractivity contribution is -0.138.